The summed E-state index contributed by atoms with van der Waals surface area (Å²) in [6, 6.07) is 2.85. The first-order valence-corrected chi connectivity index (χ1v) is 6.63. The number of rotatable bonds is 1. The van der Waals surface area contributed by atoms with Crippen LogP contribution >= 0.6 is 11.8 Å². The second kappa shape index (κ2) is 3.57. The summed E-state index contributed by atoms with van der Waals surface area (Å²) in [6.07, 6.45) is 4.72. The molecular formula is C11H13N3S. The van der Waals surface area contributed by atoms with Gasteiger partial charge in [0.05, 0.1) is 11.7 Å². The molecule has 2 aliphatic rings. The zero-order valence-electron chi connectivity index (χ0n) is 8.57. The molecule has 0 N–H and O–H groups in total. The van der Waals surface area contributed by atoms with E-state index in [0.29, 0.717) is 6.04 Å². The second-order valence-corrected chi connectivity index (χ2v) is 5.32. The van der Waals surface area contributed by atoms with Crippen LogP contribution in [0.15, 0.2) is 0 Å². The maximum atomic E-state index is 9.21. The van der Waals surface area contributed by atoms with Gasteiger partial charge in [0.2, 0.25) is 0 Å². The van der Waals surface area contributed by atoms with Crippen molar-refractivity contribution in [3.63, 3.8) is 0 Å². The second-order valence-electron chi connectivity index (χ2n) is 4.22. The molecule has 1 aliphatic carbocycles. The Balaban J connectivity index is 2.06. The van der Waals surface area contributed by atoms with Crippen molar-refractivity contribution in [2.75, 3.05) is 5.75 Å². The van der Waals surface area contributed by atoms with Gasteiger partial charge in [-0.15, -0.1) is 0 Å². The Morgan fingerprint density at radius 2 is 2.33 bits per heavy atom. The van der Waals surface area contributed by atoms with Crippen molar-refractivity contribution in [1.82, 2.24) is 9.78 Å². The van der Waals surface area contributed by atoms with Crippen molar-refractivity contribution in [3.05, 3.63) is 17.0 Å². The molecule has 15 heavy (non-hydrogen) atoms. The van der Waals surface area contributed by atoms with Crippen molar-refractivity contribution >= 4 is 11.8 Å². The smallest absolute Gasteiger partial charge is 0.143 e. The van der Waals surface area contributed by atoms with E-state index in [1.807, 2.05) is 16.4 Å². The fourth-order valence-corrected chi connectivity index (χ4v) is 3.21. The van der Waals surface area contributed by atoms with Gasteiger partial charge in [-0.25, -0.2) is 0 Å². The predicted molar refractivity (Wildman–Crippen MR) is 59.7 cm³/mol. The van der Waals surface area contributed by atoms with Gasteiger partial charge in [0, 0.05) is 17.7 Å². The van der Waals surface area contributed by atoms with Crippen LogP contribution in [0.4, 0.5) is 0 Å². The fraction of sp³-hybridized carbons (Fsp3) is 0.636. The van der Waals surface area contributed by atoms with E-state index >= 15 is 0 Å². The molecule has 0 radical (unpaired) electrons. The van der Waals surface area contributed by atoms with Gasteiger partial charge in [-0.1, -0.05) is 0 Å². The third kappa shape index (κ3) is 1.37. The van der Waals surface area contributed by atoms with Crippen molar-refractivity contribution in [3.8, 4) is 6.07 Å². The lowest BCUT2D eigenvalue weighted by molar-refractivity contribution is 0.286. The highest BCUT2D eigenvalue weighted by Crippen LogP contribution is 2.35. The molecule has 2 heterocycles. The van der Waals surface area contributed by atoms with Gasteiger partial charge in [-0.3, -0.25) is 4.68 Å². The maximum absolute atomic E-state index is 9.21. The Morgan fingerprint density at radius 3 is 3.00 bits per heavy atom. The maximum Gasteiger partial charge on any atom is 0.143 e. The van der Waals surface area contributed by atoms with E-state index in [9.17, 15) is 5.26 Å². The molecule has 3 rings (SSSR count). The summed E-state index contributed by atoms with van der Waals surface area (Å²) in [5.74, 6) is 2.13. The van der Waals surface area contributed by atoms with Crippen LogP contribution in [-0.4, -0.2) is 15.5 Å². The number of nitrogens with zero attached hydrogens (tertiary/aromatic N) is 3. The topological polar surface area (TPSA) is 41.6 Å². The van der Waals surface area contributed by atoms with Crippen LogP contribution in [0.3, 0.4) is 0 Å². The Kier molecular flexibility index (Phi) is 2.21. The van der Waals surface area contributed by atoms with E-state index in [0.717, 1.165) is 23.6 Å². The normalized spacial score (nSPS) is 20.5. The van der Waals surface area contributed by atoms with Crippen LogP contribution in [0, 0.1) is 11.3 Å². The molecule has 1 aromatic heterocycles. The summed E-state index contributed by atoms with van der Waals surface area (Å²) in [5, 5.41) is 13.8. The van der Waals surface area contributed by atoms with E-state index in [2.05, 4.69) is 11.2 Å². The molecule has 1 fully saturated rings. The summed E-state index contributed by atoms with van der Waals surface area (Å²) >= 11 is 1.91. The summed E-state index contributed by atoms with van der Waals surface area (Å²) in [5.41, 5.74) is 3.22. The van der Waals surface area contributed by atoms with Gasteiger partial charge in [-0.2, -0.15) is 22.1 Å². The largest absolute Gasteiger partial charge is 0.251 e. The Morgan fingerprint density at radius 1 is 1.47 bits per heavy atom. The van der Waals surface area contributed by atoms with Crippen LogP contribution in [0.1, 0.15) is 42.3 Å². The summed E-state index contributed by atoms with van der Waals surface area (Å²) in [4.78, 5) is 0. The molecule has 78 valence electrons. The average Bonchev–Trinajstić information content (AvgIpc) is 2.53. The lowest BCUT2D eigenvalue weighted by Crippen LogP contribution is -2.19. The van der Waals surface area contributed by atoms with E-state index in [1.54, 1.807) is 0 Å². The molecule has 0 atom stereocenters. The molecule has 0 bridgehead atoms. The highest BCUT2D eigenvalue weighted by molar-refractivity contribution is 7.98. The molecule has 0 saturated heterocycles. The third-order valence-corrected chi connectivity index (χ3v) is 4.33. The molecule has 3 nitrogen and oxygen atoms in total. The Labute approximate surface area is 93.5 Å². The molecular weight excluding hydrogens is 206 g/mol. The number of nitriles is 1. The zero-order chi connectivity index (χ0) is 10.3. The molecule has 4 heteroatoms. The lowest BCUT2D eigenvalue weighted by Gasteiger charge is -2.26. The van der Waals surface area contributed by atoms with Crippen LogP contribution in [0.25, 0.3) is 0 Å². The monoisotopic (exact) mass is 219 g/mol. The van der Waals surface area contributed by atoms with Crippen LogP contribution in [0.5, 0.6) is 0 Å². The van der Waals surface area contributed by atoms with Crippen LogP contribution in [-0.2, 0) is 12.2 Å². The molecule has 0 unspecified atom stereocenters. The third-order valence-electron chi connectivity index (χ3n) is 3.35. The van der Waals surface area contributed by atoms with Crippen molar-refractivity contribution in [1.29, 1.82) is 5.26 Å². The summed E-state index contributed by atoms with van der Waals surface area (Å²) in [6.45, 7) is 0. The lowest BCUT2D eigenvalue weighted by atomic mass is 9.93. The first kappa shape index (κ1) is 9.29. The van der Waals surface area contributed by atoms with Gasteiger partial charge in [0.25, 0.3) is 0 Å². The first-order chi connectivity index (χ1) is 7.40. The number of thioether (sulfide) groups is 1. The van der Waals surface area contributed by atoms with Gasteiger partial charge in [0.1, 0.15) is 11.8 Å². The number of hydrogen-bond acceptors (Lipinski definition) is 3. The first-order valence-electron chi connectivity index (χ1n) is 5.48. The molecule has 1 saturated carbocycles. The predicted octanol–water partition coefficient (Wildman–Crippen LogP) is 2.27. The van der Waals surface area contributed by atoms with Gasteiger partial charge in [0.15, 0.2) is 0 Å². The Hall–Kier alpha value is -0.950. The van der Waals surface area contributed by atoms with Crippen molar-refractivity contribution < 1.29 is 0 Å². The number of fused-ring (bicyclic) bond motifs is 1. The minimum Gasteiger partial charge on any atom is -0.251 e. The summed E-state index contributed by atoms with van der Waals surface area (Å²) in [7, 11) is 0. The van der Waals surface area contributed by atoms with Crippen molar-refractivity contribution in [2.24, 2.45) is 0 Å². The fourth-order valence-electron chi connectivity index (χ4n) is 2.23. The molecule has 1 aliphatic heterocycles. The van der Waals surface area contributed by atoms with Crippen LogP contribution < -0.4 is 0 Å². The molecule has 0 aromatic carbocycles. The molecule has 1 aromatic rings. The van der Waals surface area contributed by atoms with Gasteiger partial charge < -0.3 is 0 Å². The van der Waals surface area contributed by atoms with Gasteiger partial charge in [-0.05, 0) is 25.0 Å². The Bertz CT molecular complexity index is 426. The molecule has 0 amide bonds. The average molecular weight is 219 g/mol. The quantitative estimate of drug-likeness (QED) is 0.727. The zero-order valence-corrected chi connectivity index (χ0v) is 9.39. The highest BCUT2D eigenvalue weighted by Gasteiger charge is 2.27. The number of hydrogen-bond donors (Lipinski definition) is 0. The van der Waals surface area contributed by atoms with E-state index in [-0.39, 0.29) is 0 Å². The standard InChI is InChI=1S/C11H13N3S/c12-6-11-9-7-15-5-4-10(9)13-14(11)8-2-1-3-8/h8H,1-5,7H2. The SMILES string of the molecule is N#Cc1c2c(nn1C1CCC1)CCSC2. The minimum absolute atomic E-state index is 0.509. The van der Waals surface area contributed by atoms with Crippen LogP contribution in [0.2, 0.25) is 0 Å². The van der Waals surface area contributed by atoms with E-state index in [4.69, 9.17) is 0 Å². The highest BCUT2D eigenvalue weighted by atomic mass is 32.2. The molecule has 0 spiro atoms. The number of aromatic nitrogens is 2. The van der Waals surface area contributed by atoms with E-state index in [1.165, 1.54) is 30.5 Å². The minimum atomic E-state index is 0.509. The summed E-state index contributed by atoms with van der Waals surface area (Å²) < 4.78 is 2.00. The van der Waals surface area contributed by atoms with Crippen molar-refractivity contribution in [2.45, 2.75) is 37.5 Å². The van der Waals surface area contributed by atoms with Gasteiger partial charge >= 0.3 is 0 Å². The number of aryl methyl sites for hydroxylation is 1. The van der Waals surface area contributed by atoms with E-state index < -0.39 is 0 Å².